The molecule has 148 valence electrons. The van der Waals surface area contributed by atoms with Gasteiger partial charge in [-0.3, -0.25) is 4.79 Å². The lowest BCUT2D eigenvalue weighted by Gasteiger charge is -2.33. The van der Waals surface area contributed by atoms with Gasteiger partial charge in [-0.25, -0.2) is 9.78 Å². The van der Waals surface area contributed by atoms with Gasteiger partial charge >= 0.3 is 5.97 Å². The number of carbonyl (C=O) groups is 2. The summed E-state index contributed by atoms with van der Waals surface area (Å²) in [5.41, 5.74) is 1.23. The Balaban J connectivity index is 1.58. The summed E-state index contributed by atoms with van der Waals surface area (Å²) in [6.45, 7) is 1.22. The van der Waals surface area contributed by atoms with Crippen LogP contribution in [-0.2, 0) is 0 Å². The van der Waals surface area contributed by atoms with Crippen molar-refractivity contribution in [3.63, 3.8) is 0 Å². The standard InChI is InChI=1S/C20H23N3O5/c1-27-16-9-15(10-17(11-16)28-2)22-14-5-7-23(8-6-14)19(24)13-3-4-18(20(25)26)21-12-13/h3-4,9-12,14,22H,5-8H2,1-2H3,(H,25,26). The van der Waals surface area contributed by atoms with E-state index in [1.165, 1.54) is 18.3 Å². The lowest BCUT2D eigenvalue weighted by Crippen LogP contribution is -2.42. The molecule has 2 N–H and O–H groups in total. The van der Waals surface area contributed by atoms with E-state index in [1.54, 1.807) is 19.1 Å². The highest BCUT2D eigenvalue weighted by atomic mass is 16.5. The van der Waals surface area contributed by atoms with Gasteiger partial charge in [-0.2, -0.15) is 0 Å². The molecular formula is C20H23N3O5. The molecule has 0 saturated carbocycles. The predicted molar refractivity (Wildman–Crippen MR) is 103 cm³/mol. The highest BCUT2D eigenvalue weighted by Gasteiger charge is 2.24. The third-order valence-corrected chi connectivity index (χ3v) is 4.73. The van der Waals surface area contributed by atoms with E-state index in [2.05, 4.69) is 10.3 Å². The number of nitrogens with zero attached hydrogens (tertiary/aromatic N) is 2. The van der Waals surface area contributed by atoms with Crippen LogP contribution >= 0.6 is 0 Å². The molecule has 8 heteroatoms. The Kier molecular flexibility index (Phi) is 5.98. The first-order valence-corrected chi connectivity index (χ1v) is 8.98. The average molecular weight is 385 g/mol. The number of likely N-dealkylation sites (tertiary alicyclic amines) is 1. The van der Waals surface area contributed by atoms with Crippen molar-refractivity contribution in [3.8, 4) is 11.5 Å². The Labute approximate surface area is 163 Å². The van der Waals surface area contributed by atoms with Crippen LogP contribution in [-0.4, -0.2) is 60.2 Å². The van der Waals surface area contributed by atoms with Crippen LogP contribution in [0.1, 0.15) is 33.7 Å². The third-order valence-electron chi connectivity index (χ3n) is 4.73. The van der Waals surface area contributed by atoms with Gasteiger partial charge in [0, 0.05) is 49.2 Å². The minimum absolute atomic E-state index is 0.0758. The van der Waals surface area contributed by atoms with E-state index in [-0.39, 0.29) is 17.6 Å². The Morgan fingerprint density at radius 2 is 1.75 bits per heavy atom. The highest BCUT2D eigenvalue weighted by Crippen LogP contribution is 2.27. The molecule has 0 bridgehead atoms. The summed E-state index contributed by atoms with van der Waals surface area (Å²) in [5.74, 6) is 0.185. The molecule has 3 rings (SSSR count). The molecule has 28 heavy (non-hydrogen) atoms. The minimum Gasteiger partial charge on any atom is -0.497 e. The topological polar surface area (TPSA) is 101 Å². The molecule has 1 aromatic carbocycles. The maximum absolute atomic E-state index is 12.6. The van der Waals surface area contributed by atoms with Gasteiger partial charge < -0.3 is 24.8 Å². The van der Waals surface area contributed by atoms with E-state index in [1.807, 2.05) is 18.2 Å². The van der Waals surface area contributed by atoms with Crippen molar-refractivity contribution in [1.29, 1.82) is 0 Å². The van der Waals surface area contributed by atoms with E-state index < -0.39 is 5.97 Å². The molecule has 1 aromatic heterocycles. The number of aromatic nitrogens is 1. The van der Waals surface area contributed by atoms with E-state index >= 15 is 0 Å². The van der Waals surface area contributed by atoms with Crippen molar-refractivity contribution >= 4 is 17.6 Å². The van der Waals surface area contributed by atoms with Crippen molar-refractivity contribution < 1.29 is 24.2 Å². The Bertz CT molecular complexity index is 823. The maximum Gasteiger partial charge on any atom is 0.354 e. The molecule has 1 saturated heterocycles. The maximum atomic E-state index is 12.6. The highest BCUT2D eigenvalue weighted by molar-refractivity contribution is 5.95. The van der Waals surface area contributed by atoms with Crippen LogP contribution < -0.4 is 14.8 Å². The molecule has 1 aliphatic heterocycles. The van der Waals surface area contributed by atoms with Crippen LogP contribution in [0.5, 0.6) is 11.5 Å². The zero-order valence-corrected chi connectivity index (χ0v) is 15.8. The summed E-state index contributed by atoms with van der Waals surface area (Å²) in [5, 5.41) is 12.4. The zero-order valence-electron chi connectivity index (χ0n) is 15.8. The lowest BCUT2D eigenvalue weighted by atomic mass is 10.0. The molecule has 0 spiro atoms. The number of nitrogens with one attached hydrogen (secondary N) is 1. The van der Waals surface area contributed by atoms with Gasteiger partial charge in [0.2, 0.25) is 0 Å². The first-order valence-electron chi connectivity index (χ1n) is 8.98. The van der Waals surface area contributed by atoms with E-state index in [0.29, 0.717) is 30.2 Å². The fraction of sp³-hybridized carbons (Fsp3) is 0.350. The summed E-state index contributed by atoms with van der Waals surface area (Å²) >= 11 is 0. The molecule has 0 unspecified atom stereocenters. The van der Waals surface area contributed by atoms with Crippen LogP contribution in [0.25, 0.3) is 0 Å². The minimum atomic E-state index is -1.11. The Morgan fingerprint density at radius 1 is 1.11 bits per heavy atom. The number of carboxylic acids is 1. The largest absolute Gasteiger partial charge is 0.497 e. The van der Waals surface area contributed by atoms with Crippen LogP contribution in [0.3, 0.4) is 0 Å². The van der Waals surface area contributed by atoms with Crippen molar-refractivity contribution in [2.24, 2.45) is 0 Å². The van der Waals surface area contributed by atoms with Gasteiger partial charge in [-0.1, -0.05) is 0 Å². The van der Waals surface area contributed by atoms with Gasteiger partial charge in [-0.05, 0) is 25.0 Å². The number of amides is 1. The fourth-order valence-corrected chi connectivity index (χ4v) is 3.18. The number of methoxy groups -OCH3 is 2. The number of anilines is 1. The van der Waals surface area contributed by atoms with Gasteiger partial charge in [0.05, 0.1) is 19.8 Å². The molecule has 2 heterocycles. The van der Waals surface area contributed by atoms with E-state index in [0.717, 1.165) is 18.5 Å². The van der Waals surface area contributed by atoms with Crippen LogP contribution in [0.2, 0.25) is 0 Å². The molecule has 0 radical (unpaired) electrons. The monoisotopic (exact) mass is 385 g/mol. The average Bonchev–Trinajstić information content (AvgIpc) is 2.73. The van der Waals surface area contributed by atoms with Gasteiger partial charge in [0.1, 0.15) is 17.2 Å². The second-order valence-electron chi connectivity index (χ2n) is 6.55. The summed E-state index contributed by atoms with van der Waals surface area (Å²) in [6, 6.07) is 8.72. The molecule has 0 aliphatic carbocycles. The number of pyridine rings is 1. The first kappa shape index (κ1) is 19.5. The number of rotatable bonds is 6. The van der Waals surface area contributed by atoms with Crippen LogP contribution in [0.15, 0.2) is 36.5 Å². The summed E-state index contributed by atoms with van der Waals surface area (Å²) in [7, 11) is 3.22. The molecular weight excluding hydrogens is 362 g/mol. The SMILES string of the molecule is COc1cc(NC2CCN(C(=O)c3ccc(C(=O)O)nc3)CC2)cc(OC)c1. The first-order chi connectivity index (χ1) is 13.5. The van der Waals surface area contributed by atoms with Gasteiger partial charge in [-0.15, -0.1) is 0 Å². The Hall–Kier alpha value is -3.29. The van der Waals surface area contributed by atoms with Gasteiger partial charge in [0.15, 0.2) is 0 Å². The lowest BCUT2D eigenvalue weighted by molar-refractivity contribution is 0.0683. The van der Waals surface area contributed by atoms with E-state index in [9.17, 15) is 9.59 Å². The third kappa shape index (κ3) is 4.51. The molecule has 1 aliphatic rings. The number of hydrogen-bond acceptors (Lipinski definition) is 6. The van der Waals surface area contributed by atoms with Crippen LogP contribution in [0.4, 0.5) is 5.69 Å². The molecule has 8 nitrogen and oxygen atoms in total. The number of hydrogen-bond donors (Lipinski definition) is 2. The van der Waals surface area contributed by atoms with Crippen molar-refractivity contribution in [2.45, 2.75) is 18.9 Å². The smallest absolute Gasteiger partial charge is 0.354 e. The van der Waals surface area contributed by atoms with E-state index in [4.69, 9.17) is 14.6 Å². The van der Waals surface area contributed by atoms with Crippen molar-refractivity contribution in [3.05, 3.63) is 47.8 Å². The number of piperidine rings is 1. The molecule has 2 aromatic rings. The second-order valence-corrected chi connectivity index (χ2v) is 6.55. The van der Waals surface area contributed by atoms with Crippen molar-refractivity contribution in [1.82, 2.24) is 9.88 Å². The zero-order chi connectivity index (χ0) is 20.1. The normalized spacial score (nSPS) is 14.4. The summed E-state index contributed by atoms with van der Waals surface area (Å²) in [4.78, 5) is 29.0. The number of carboxylic acid groups (broad SMARTS) is 1. The second kappa shape index (κ2) is 8.60. The molecule has 0 atom stereocenters. The van der Waals surface area contributed by atoms with Crippen LogP contribution in [0, 0.1) is 0 Å². The molecule has 1 amide bonds. The number of benzene rings is 1. The van der Waals surface area contributed by atoms with Crippen molar-refractivity contribution in [2.75, 3.05) is 32.6 Å². The number of aromatic carboxylic acids is 1. The molecule has 1 fully saturated rings. The summed E-state index contributed by atoms with van der Waals surface area (Å²) < 4.78 is 10.6. The Morgan fingerprint density at radius 3 is 2.25 bits per heavy atom. The fourth-order valence-electron chi connectivity index (χ4n) is 3.18. The van der Waals surface area contributed by atoms with Gasteiger partial charge in [0.25, 0.3) is 5.91 Å². The number of ether oxygens (including phenoxy) is 2. The quantitative estimate of drug-likeness (QED) is 0.788. The predicted octanol–water partition coefficient (Wildman–Crippen LogP) is 2.51. The summed E-state index contributed by atoms with van der Waals surface area (Å²) in [6.07, 6.45) is 2.91. The number of carbonyl (C=O) groups excluding carboxylic acids is 1.